The number of hydrogen-bond acceptors (Lipinski definition) is 6. The molecule has 23 heavy (non-hydrogen) atoms. The van der Waals surface area contributed by atoms with E-state index in [0.717, 1.165) is 0 Å². The number of amides is 3. The number of esters is 1. The summed E-state index contributed by atoms with van der Waals surface area (Å²) >= 11 is 0. The number of anilines is 1. The Labute approximate surface area is 131 Å². The summed E-state index contributed by atoms with van der Waals surface area (Å²) in [5.74, 6) is -1.52. The van der Waals surface area contributed by atoms with Crippen LogP contribution in [0.4, 0.5) is 16.2 Å². The molecule has 10 nitrogen and oxygen atoms in total. The van der Waals surface area contributed by atoms with Gasteiger partial charge in [0.2, 0.25) is 0 Å². The second-order valence-corrected chi connectivity index (χ2v) is 4.61. The Morgan fingerprint density at radius 3 is 2.52 bits per heavy atom. The van der Waals surface area contributed by atoms with E-state index in [4.69, 9.17) is 10.5 Å². The molecule has 3 amide bonds. The van der Waals surface area contributed by atoms with Gasteiger partial charge in [-0.25, -0.2) is 9.59 Å². The topological polar surface area (TPSA) is 154 Å². The maximum Gasteiger partial charge on any atom is 0.329 e. The van der Waals surface area contributed by atoms with Crippen molar-refractivity contribution in [3.05, 3.63) is 34.4 Å². The lowest BCUT2D eigenvalue weighted by Gasteiger charge is -2.16. The Bertz CT molecular complexity index is 633. The first-order chi connectivity index (χ1) is 10.7. The number of rotatable bonds is 6. The monoisotopic (exact) mass is 324 g/mol. The van der Waals surface area contributed by atoms with Crippen molar-refractivity contribution in [3.63, 3.8) is 0 Å². The molecule has 1 aromatic carbocycles. The van der Waals surface area contributed by atoms with Gasteiger partial charge in [0.15, 0.2) is 6.10 Å². The Hall–Kier alpha value is -3.17. The fraction of sp³-hybridized carbons (Fsp3) is 0.308. The van der Waals surface area contributed by atoms with Crippen LogP contribution in [0.25, 0.3) is 0 Å². The van der Waals surface area contributed by atoms with Crippen LogP contribution < -0.4 is 16.4 Å². The number of non-ortho nitro benzene ring substituents is 1. The minimum absolute atomic E-state index is 0.188. The molecule has 0 aliphatic rings. The molecule has 124 valence electrons. The van der Waals surface area contributed by atoms with Crippen LogP contribution in [0.15, 0.2) is 24.3 Å². The van der Waals surface area contributed by atoms with Crippen molar-refractivity contribution in [2.75, 3.05) is 5.32 Å². The Morgan fingerprint density at radius 1 is 1.30 bits per heavy atom. The first-order valence-electron chi connectivity index (χ1n) is 6.52. The highest BCUT2D eigenvalue weighted by Gasteiger charge is 2.23. The first kappa shape index (κ1) is 17.9. The molecule has 1 rings (SSSR count). The predicted octanol–water partition coefficient (Wildman–Crippen LogP) is 0.522. The van der Waals surface area contributed by atoms with E-state index in [0.29, 0.717) is 0 Å². The van der Waals surface area contributed by atoms with E-state index in [1.807, 2.05) is 0 Å². The number of carbonyl (C=O) groups is 3. The normalized spacial score (nSPS) is 12.6. The zero-order chi connectivity index (χ0) is 17.6. The second kappa shape index (κ2) is 7.73. The van der Waals surface area contributed by atoms with Gasteiger partial charge in [0.1, 0.15) is 6.04 Å². The SMILES string of the molecule is CC(OC(=O)[C@H](C)NC(N)=O)C(=O)Nc1cccc([N+](=O)[O-])c1. The number of nitro benzene ring substituents is 1. The quantitative estimate of drug-likeness (QED) is 0.394. The molecule has 0 fully saturated rings. The summed E-state index contributed by atoms with van der Waals surface area (Å²) in [5, 5.41) is 15.2. The van der Waals surface area contributed by atoms with Gasteiger partial charge in [0, 0.05) is 17.8 Å². The van der Waals surface area contributed by atoms with Gasteiger partial charge in [0.05, 0.1) is 4.92 Å². The minimum atomic E-state index is -1.17. The average molecular weight is 324 g/mol. The molecule has 0 heterocycles. The Kier molecular flexibility index (Phi) is 6.01. The predicted molar refractivity (Wildman–Crippen MR) is 79.5 cm³/mol. The van der Waals surface area contributed by atoms with Gasteiger partial charge in [-0.05, 0) is 19.9 Å². The summed E-state index contributed by atoms with van der Waals surface area (Å²) in [5.41, 5.74) is 4.87. The molecule has 0 bridgehead atoms. The van der Waals surface area contributed by atoms with E-state index < -0.39 is 35.0 Å². The molecule has 0 aromatic heterocycles. The van der Waals surface area contributed by atoms with Crippen molar-refractivity contribution in [2.24, 2.45) is 5.73 Å². The summed E-state index contributed by atoms with van der Waals surface area (Å²) < 4.78 is 4.87. The summed E-state index contributed by atoms with van der Waals surface area (Å²) in [6, 6.07) is 3.39. The van der Waals surface area contributed by atoms with E-state index in [9.17, 15) is 24.5 Å². The molecular weight excluding hydrogens is 308 g/mol. The van der Waals surface area contributed by atoms with Gasteiger partial charge in [-0.2, -0.15) is 0 Å². The highest BCUT2D eigenvalue weighted by atomic mass is 16.6. The summed E-state index contributed by atoms with van der Waals surface area (Å²) in [4.78, 5) is 44.2. The van der Waals surface area contributed by atoms with Gasteiger partial charge in [0.25, 0.3) is 11.6 Å². The van der Waals surface area contributed by atoms with Crippen molar-refractivity contribution < 1.29 is 24.0 Å². The van der Waals surface area contributed by atoms with Crippen LogP contribution in [0.2, 0.25) is 0 Å². The number of nitrogens with two attached hydrogens (primary N) is 1. The van der Waals surface area contributed by atoms with Gasteiger partial charge in [-0.1, -0.05) is 6.07 Å². The number of primary amides is 1. The van der Waals surface area contributed by atoms with Gasteiger partial charge in [-0.3, -0.25) is 14.9 Å². The van der Waals surface area contributed by atoms with E-state index in [-0.39, 0.29) is 11.4 Å². The first-order valence-corrected chi connectivity index (χ1v) is 6.52. The van der Waals surface area contributed by atoms with Crippen LogP contribution in [0.3, 0.4) is 0 Å². The molecular formula is C13H16N4O6. The van der Waals surface area contributed by atoms with Gasteiger partial charge in [-0.15, -0.1) is 0 Å². The molecule has 0 saturated carbocycles. The number of nitrogens with one attached hydrogen (secondary N) is 2. The van der Waals surface area contributed by atoms with Crippen LogP contribution in [-0.2, 0) is 14.3 Å². The van der Waals surface area contributed by atoms with E-state index >= 15 is 0 Å². The number of ether oxygens (including phenoxy) is 1. The van der Waals surface area contributed by atoms with Crippen LogP contribution in [-0.4, -0.2) is 35.0 Å². The second-order valence-electron chi connectivity index (χ2n) is 4.61. The van der Waals surface area contributed by atoms with Crippen molar-refractivity contribution in [1.29, 1.82) is 0 Å². The van der Waals surface area contributed by atoms with Crippen molar-refractivity contribution >= 4 is 29.3 Å². The zero-order valence-electron chi connectivity index (χ0n) is 12.4. The molecule has 1 aromatic rings. The van der Waals surface area contributed by atoms with Crippen molar-refractivity contribution in [2.45, 2.75) is 26.0 Å². The third-order valence-electron chi connectivity index (χ3n) is 2.70. The summed E-state index contributed by atoms with van der Waals surface area (Å²) in [7, 11) is 0. The molecule has 0 aliphatic carbocycles. The van der Waals surface area contributed by atoms with Crippen LogP contribution >= 0.6 is 0 Å². The lowest BCUT2D eigenvalue weighted by atomic mass is 10.2. The van der Waals surface area contributed by atoms with Crippen LogP contribution in [0.1, 0.15) is 13.8 Å². The lowest BCUT2D eigenvalue weighted by molar-refractivity contribution is -0.384. The van der Waals surface area contributed by atoms with E-state index in [1.165, 1.54) is 38.1 Å². The van der Waals surface area contributed by atoms with Crippen LogP contribution in [0, 0.1) is 10.1 Å². The third kappa shape index (κ3) is 5.61. The highest BCUT2D eigenvalue weighted by Crippen LogP contribution is 2.17. The molecule has 1 unspecified atom stereocenters. The number of nitrogens with zero attached hydrogens (tertiary/aromatic N) is 1. The molecule has 0 saturated heterocycles. The average Bonchev–Trinajstić information content (AvgIpc) is 2.46. The standard InChI is InChI=1S/C13H16N4O6/c1-7(15-13(14)20)12(19)23-8(2)11(18)16-9-4-3-5-10(6-9)17(21)22/h3-8H,1-2H3,(H,16,18)(H3,14,15,20)/t7-,8?/m0/s1. The number of carbonyl (C=O) groups excluding carboxylic acids is 3. The lowest BCUT2D eigenvalue weighted by Crippen LogP contribution is -2.44. The zero-order valence-corrected chi connectivity index (χ0v) is 12.4. The molecule has 0 aliphatic heterocycles. The van der Waals surface area contributed by atoms with Crippen LogP contribution in [0.5, 0.6) is 0 Å². The maximum absolute atomic E-state index is 11.9. The fourth-order valence-corrected chi connectivity index (χ4v) is 1.54. The fourth-order valence-electron chi connectivity index (χ4n) is 1.54. The minimum Gasteiger partial charge on any atom is -0.451 e. The number of urea groups is 1. The highest BCUT2D eigenvalue weighted by molar-refractivity contribution is 5.95. The Balaban J connectivity index is 2.63. The van der Waals surface area contributed by atoms with Crippen molar-refractivity contribution in [1.82, 2.24) is 5.32 Å². The number of nitro groups is 1. The van der Waals surface area contributed by atoms with Crippen molar-refractivity contribution in [3.8, 4) is 0 Å². The molecule has 2 atom stereocenters. The van der Waals surface area contributed by atoms with Gasteiger partial charge < -0.3 is 21.1 Å². The smallest absolute Gasteiger partial charge is 0.329 e. The largest absolute Gasteiger partial charge is 0.451 e. The third-order valence-corrected chi connectivity index (χ3v) is 2.70. The van der Waals surface area contributed by atoms with E-state index in [1.54, 1.807) is 0 Å². The van der Waals surface area contributed by atoms with E-state index in [2.05, 4.69) is 10.6 Å². The molecule has 4 N–H and O–H groups in total. The van der Waals surface area contributed by atoms with Gasteiger partial charge >= 0.3 is 12.0 Å². The maximum atomic E-state index is 11.9. The number of hydrogen-bond donors (Lipinski definition) is 3. The summed E-state index contributed by atoms with van der Waals surface area (Å²) in [6.07, 6.45) is -1.17. The summed E-state index contributed by atoms with van der Waals surface area (Å²) in [6.45, 7) is 2.67. The molecule has 0 spiro atoms. The Morgan fingerprint density at radius 2 is 1.96 bits per heavy atom. The molecule has 10 heteroatoms. The molecule has 0 radical (unpaired) electrons. The number of benzene rings is 1.